The van der Waals surface area contributed by atoms with Crippen molar-refractivity contribution in [2.75, 3.05) is 7.11 Å². The minimum atomic E-state index is -0.630. The molecule has 0 bridgehead atoms. The Kier molecular flexibility index (Phi) is 4.42. The smallest absolute Gasteiger partial charge is 0.308 e. The molecule has 0 unspecified atom stereocenters. The first kappa shape index (κ1) is 13.7. The van der Waals surface area contributed by atoms with Crippen LogP contribution in [0.2, 0.25) is 0 Å². The van der Waals surface area contributed by atoms with Crippen molar-refractivity contribution >= 4 is 11.9 Å². The summed E-state index contributed by atoms with van der Waals surface area (Å²) < 4.78 is 14.4. The van der Waals surface area contributed by atoms with Gasteiger partial charge in [0.15, 0.2) is 11.5 Å². The summed E-state index contributed by atoms with van der Waals surface area (Å²) in [5.74, 6) is -1.33. The van der Waals surface area contributed by atoms with Gasteiger partial charge in [0.2, 0.25) is 0 Å². The van der Waals surface area contributed by atoms with Crippen molar-refractivity contribution in [1.29, 1.82) is 0 Å². The predicted octanol–water partition coefficient (Wildman–Crippen LogP) is 0.906. The van der Waals surface area contributed by atoms with E-state index in [9.17, 15) is 14.4 Å². The second-order valence-electron chi connectivity index (χ2n) is 3.33. The van der Waals surface area contributed by atoms with Crippen LogP contribution in [0.5, 0.6) is 17.2 Å². The Morgan fingerprint density at radius 1 is 1.00 bits per heavy atom. The Bertz CT molecular complexity index is 535. The van der Waals surface area contributed by atoms with Gasteiger partial charge in [0.05, 0.1) is 7.11 Å². The highest BCUT2D eigenvalue weighted by Gasteiger charge is 2.10. The second-order valence-corrected chi connectivity index (χ2v) is 3.33. The predicted molar refractivity (Wildman–Crippen MR) is 61.9 cm³/mol. The van der Waals surface area contributed by atoms with Crippen molar-refractivity contribution in [2.45, 2.75) is 13.8 Å². The fourth-order valence-electron chi connectivity index (χ4n) is 1.21. The molecule has 18 heavy (non-hydrogen) atoms. The third kappa shape index (κ3) is 3.58. The summed E-state index contributed by atoms with van der Waals surface area (Å²) in [7, 11) is 1.28. The van der Waals surface area contributed by atoms with Crippen LogP contribution in [-0.2, 0) is 9.59 Å². The van der Waals surface area contributed by atoms with Crippen LogP contribution in [0.1, 0.15) is 13.8 Å². The van der Waals surface area contributed by atoms with Gasteiger partial charge in [-0.15, -0.1) is 0 Å². The fourth-order valence-corrected chi connectivity index (χ4v) is 1.21. The average Bonchev–Trinajstić information content (AvgIpc) is 2.40. The normalized spacial score (nSPS) is 9.50. The molecule has 0 heterocycles. The Labute approximate surface area is 103 Å². The molecule has 96 valence electrons. The number of methoxy groups -OCH3 is 1. The Morgan fingerprint density at radius 3 is 2.11 bits per heavy atom. The third-order valence-corrected chi connectivity index (χ3v) is 1.86. The zero-order valence-corrected chi connectivity index (χ0v) is 10.2. The van der Waals surface area contributed by atoms with E-state index in [0.717, 1.165) is 0 Å². The number of rotatable bonds is 3. The van der Waals surface area contributed by atoms with Crippen LogP contribution < -0.4 is 19.6 Å². The van der Waals surface area contributed by atoms with Crippen LogP contribution in [0.25, 0.3) is 0 Å². The first-order valence-electron chi connectivity index (χ1n) is 5.03. The summed E-state index contributed by atoms with van der Waals surface area (Å²) in [6.07, 6.45) is 0. The van der Waals surface area contributed by atoms with E-state index in [0.29, 0.717) is 0 Å². The van der Waals surface area contributed by atoms with Gasteiger partial charge >= 0.3 is 11.9 Å². The van der Waals surface area contributed by atoms with E-state index in [1.54, 1.807) is 0 Å². The molecule has 0 saturated heterocycles. The fraction of sp³-hybridized carbons (Fsp3) is 0.250. The van der Waals surface area contributed by atoms with E-state index in [1.165, 1.54) is 39.2 Å². The first-order valence-corrected chi connectivity index (χ1v) is 5.03. The second kappa shape index (κ2) is 5.81. The van der Waals surface area contributed by atoms with Crippen LogP contribution in [0.3, 0.4) is 0 Å². The molecule has 0 amide bonds. The van der Waals surface area contributed by atoms with Crippen molar-refractivity contribution in [2.24, 2.45) is 0 Å². The quantitative estimate of drug-likeness (QED) is 0.744. The van der Waals surface area contributed by atoms with Crippen LogP contribution in [-0.4, -0.2) is 19.0 Å². The Morgan fingerprint density at radius 2 is 1.61 bits per heavy atom. The van der Waals surface area contributed by atoms with Crippen molar-refractivity contribution in [3.05, 3.63) is 28.4 Å². The largest absolute Gasteiger partial charge is 0.492 e. The zero-order valence-electron chi connectivity index (χ0n) is 10.2. The van der Waals surface area contributed by atoms with Crippen LogP contribution in [0.4, 0.5) is 0 Å². The number of carbonyl (C=O) groups is 2. The molecule has 0 fully saturated rings. The van der Waals surface area contributed by atoms with Crippen LogP contribution in [0.15, 0.2) is 23.0 Å². The molecule has 0 atom stereocenters. The summed E-state index contributed by atoms with van der Waals surface area (Å²) in [4.78, 5) is 33.5. The van der Waals surface area contributed by atoms with Crippen LogP contribution in [0, 0.1) is 0 Å². The van der Waals surface area contributed by atoms with E-state index in [4.69, 9.17) is 14.2 Å². The summed E-state index contributed by atoms with van der Waals surface area (Å²) in [5.41, 5.74) is -0.605. The molecule has 1 aromatic carbocycles. The van der Waals surface area contributed by atoms with Crippen LogP contribution >= 0.6 is 0 Å². The minimum Gasteiger partial charge on any atom is -0.492 e. The maximum atomic E-state index is 11.8. The van der Waals surface area contributed by atoms with E-state index in [2.05, 4.69) is 0 Å². The minimum absolute atomic E-state index is 0.0903. The van der Waals surface area contributed by atoms with Gasteiger partial charge in [-0.25, -0.2) is 0 Å². The molecule has 1 aromatic rings. The molecular weight excluding hydrogens is 240 g/mol. The van der Waals surface area contributed by atoms with Gasteiger partial charge in [-0.3, -0.25) is 14.4 Å². The molecule has 0 aliphatic carbocycles. The van der Waals surface area contributed by atoms with E-state index < -0.39 is 17.4 Å². The highest BCUT2D eigenvalue weighted by molar-refractivity contribution is 5.70. The van der Waals surface area contributed by atoms with E-state index in [-0.39, 0.29) is 17.2 Å². The van der Waals surface area contributed by atoms with Crippen molar-refractivity contribution in [3.8, 4) is 17.2 Å². The summed E-state index contributed by atoms with van der Waals surface area (Å²) >= 11 is 0. The molecule has 0 aromatic heterocycles. The Hall–Kier alpha value is -2.37. The number of ether oxygens (including phenoxy) is 3. The lowest BCUT2D eigenvalue weighted by Gasteiger charge is -1.98. The average molecular weight is 252 g/mol. The highest BCUT2D eigenvalue weighted by Crippen LogP contribution is 2.18. The van der Waals surface area contributed by atoms with Gasteiger partial charge in [0.25, 0.3) is 5.43 Å². The monoisotopic (exact) mass is 252 g/mol. The van der Waals surface area contributed by atoms with Gasteiger partial charge in [-0.1, -0.05) is 0 Å². The lowest BCUT2D eigenvalue weighted by molar-refractivity contribution is -0.132. The molecule has 6 heteroatoms. The molecule has 0 N–H and O–H groups in total. The van der Waals surface area contributed by atoms with Crippen molar-refractivity contribution in [1.82, 2.24) is 0 Å². The number of carbonyl (C=O) groups excluding carboxylic acids is 2. The third-order valence-electron chi connectivity index (χ3n) is 1.86. The summed E-state index contributed by atoms with van der Waals surface area (Å²) in [5, 5.41) is 0. The standard InChI is InChI=1S/C12H12O6/c1-7(13)17-9-4-5-10(18-8(2)14)12(15)11(6-9)16-3/h4-6H,1-3H3. The van der Waals surface area contributed by atoms with E-state index in [1.807, 2.05) is 0 Å². The lowest BCUT2D eigenvalue weighted by atomic mass is 10.4. The highest BCUT2D eigenvalue weighted by atomic mass is 16.5. The maximum Gasteiger partial charge on any atom is 0.308 e. The first-order chi connectivity index (χ1) is 8.43. The molecule has 0 radical (unpaired) electrons. The van der Waals surface area contributed by atoms with E-state index >= 15 is 0 Å². The number of hydrogen-bond acceptors (Lipinski definition) is 6. The molecule has 0 aliphatic rings. The molecule has 6 nitrogen and oxygen atoms in total. The number of esters is 2. The SMILES string of the molecule is COc1cc(OC(C)=O)ccc(OC(C)=O)c1=O. The van der Waals surface area contributed by atoms with Crippen molar-refractivity contribution in [3.63, 3.8) is 0 Å². The molecular formula is C12H12O6. The molecule has 1 rings (SSSR count). The van der Waals surface area contributed by atoms with Gasteiger partial charge in [0.1, 0.15) is 5.75 Å². The van der Waals surface area contributed by atoms with Gasteiger partial charge in [-0.2, -0.15) is 0 Å². The van der Waals surface area contributed by atoms with Gasteiger partial charge in [0, 0.05) is 19.9 Å². The van der Waals surface area contributed by atoms with Gasteiger partial charge in [-0.05, 0) is 12.1 Å². The van der Waals surface area contributed by atoms with Gasteiger partial charge < -0.3 is 14.2 Å². The van der Waals surface area contributed by atoms with Crippen molar-refractivity contribution < 1.29 is 23.8 Å². The zero-order chi connectivity index (χ0) is 13.7. The topological polar surface area (TPSA) is 78.9 Å². The Balaban J connectivity index is 3.33. The lowest BCUT2D eigenvalue weighted by Crippen LogP contribution is -2.11. The maximum absolute atomic E-state index is 11.8. The molecule has 0 aliphatic heterocycles. The number of hydrogen-bond donors (Lipinski definition) is 0. The summed E-state index contributed by atoms with van der Waals surface area (Å²) in [6.45, 7) is 2.40. The molecule has 0 spiro atoms. The summed E-state index contributed by atoms with van der Waals surface area (Å²) in [6, 6.07) is 3.82. The molecule has 0 saturated carbocycles.